The Morgan fingerprint density at radius 3 is 1.75 bits per heavy atom. The summed E-state index contributed by atoms with van der Waals surface area (Å²) in [7, 11) is 1.37. The third-order valence-electron chi connectivity index (χ3n) is 5.24. The van der Waals surface area contributed by atoms with E-state index >= 15 is 0 Å². The van der Waals surface area contributed by atoms with Gasteiger partial charge in [-0.25, -0.2) is 0 Å². The minimum atomic E-state index is -0.290. The van der Waals surface area contributed by atoms with Gasteiger partial charge in [-0.15, -0.1) is 0 Å². The molecule has 0 atom stereocenters. The SMILES string of the molecule is COC(=O)Cc1ccc(OCC(=O)N(CCc2ccccc2)CCc2ccccc2)cc1. The highest BCUT2D eigenvalue weighted by atomic mass is 16.5. The van der Waals surface area contributed by atoms with Crippen LogP contribution in [0.4, 0.5) is 0 Å². The molecule has 0 aliphatic rings. The lowest BCUT2D eigenvalue weighted by molar-refractivity contribution is -0.139. The van der Waals surface area contributed by atoms with Gasteiger partial charge in [-0.1, -0.05) is 72.8 Å². The first-order chi connectivity index (χ1) is 15.6. The minimum absolute atomic E-state index is 0.0278. The summed E-state index contributed by atoms with van der Waals surface area (Å²) >= 11 is 0. The van der Waals surface area contributed by atoms with Crippen LogP contribution in [0.25, 0.3) is 0 Å². The van der Waals surface area contributed by atoms with Gasteiger partial charge in [0.1, 0.15) is 5.75 Å². The molecule has 0 saturated heterocycles. The zero-order valence-electron chi connectivity index (χ0n) is 18.4. The number of nitrogens with zero attached hydrogens (tertiary/aromatic N) is 1. The molecule has 0 aliphatic heterocycles. The van der Waals surface area contributed by atoms with E-state index in [1.54, 1.807) is 24.3 Å². The monoisotopic (exact) mass is 431 g/mol. The van der Waals surface area contributed by atoms with E-state index in [-0.39, 0.29) is 24.9 Å². The Hall–Kier alpha value is -3.60. The van der Waals surface area contributed by atoms with Gasteiger partial charge >= 0.3 is 5.97 Å². The highest BCUT2D eigenvalue weighted by molar-refractivity contribution is 5.78. The molecule has 0 fully saturated rings. The zero-order valence-corrected chi connectivity index (χ0v) is 18.4. The third-order valence-corrected chi connectivity index (χ3v) is 5.24. The van der Waals surface area contributed by atoms with E-state index in [2.05, 4.69) is 29.0 Å². The normalized spacial score (nSPS) is 10.4. The molecular formula is C27H29NO4. The summed E-state index contributed by atoms with van der Waals surface area (Å²) in [5.74, 6) is 0.259. The lowest BCUT2D eigenvalue weighted by Gasteiger charge is -2.23. The van der Waals surface area contributed by atoms with E-state index in [1.165, 1.54) is 18.2 Å². The molecule has 0 spiro atoms. The van der Waals surface area contributed by atoms with Crippen molar-refractivity contribution in [3.63, 3.8) is 0 Å². The van der Waals surface area contributed by atoms with Crippen LogP contribution in [0.5, 0.6) is 5.75 Å². The molecule has 0 aromatic heterocycles. The number of benzene rings is 3. The van der Waals surface area contributed by atoms with Gasteiger partial charge in [0.2, 0.25) is 0 Å². The highest BCUT2D eigenvalue weighted by Gasteiger charge is 2.15. The number of rotatable bonds is 11. The van der Waals surface area contributed by atoms with Crippen LogP contribution < -0.4 is 4.74 Å². The smallest absolute Gasteiger partial charge is 0.309 e. The maximum absolute atomic E-state index is 13.0. The molecule has 0 heterocycles. The lowest BCUT2D eigenvalue weighted by Crippen LogP contribution is -2.38. The van der Waals surface area contributed by atoms with Crippen molar-refractivity contribution in [1.82, 2.24) is 4.90 Å². The Morgan fingerprint density at radius 2 is 1.25 bits per heavy atom. The number of carbonyl (C=O) groups is 2. The zero-order chi connectivity index (χ0) is 22.6. The highest BCUT2D eigenvalue weighted by Crippen LogP contribution is 2.13. The number of amides is 1. The van der Waals surface area contributed by atoms with E-state index in [0.29, 0.717) is 18.8 Å². The average Bonchev–Trinajstić information content (AvgIpc) is 2.84. The molecule has 0 radical (unpaired) electrons. The molecule has 5 heteroatoms. The van der Waals surface area contributed by atoms with Gasteiger partial charge in [0.15, 0.2) is 6.61 Å². The van der Waals surface area contributed by atoms with Crippen LogP contribution in [0.15, 0.2) is 84.9 Å². The fourth-order valence-electron chi connectivity index (χ4n) is 3.36. The Balaban J connectivity index is 1.57. The van der Waals surface area contributed by atoms with Crippen LogP contribution >= 0.6 is 0 Å². The summed E-state index contributed by atoms with van der Waals surface area (Å²) in [5.41, 5.74) is 3.24. The van der Waals surface area contributed by atoms with Crippen molar-refractivity contribution in [2.45, 2.75) is 19.3 Å². The van der Waals surface area contributed by atoms with Gasteiger partial charge in [-0.05, 0) is 41.7 Å². The van der Waals surface area contributed by atoms with Gasteiger partial charge in [-0.3, -0.25) is 9.59 Å². The van der Waals surface area contributed by atoms with Crippen LogP contribution in [-0.4, -0.2) is 43.6 Å². The van der Waals surface area contributed by atoms with Crippen molar-refractivity contribution in [1.29, 1.82) is 0 Å². The quantitative estimate of drug-likeness (QED) is 0.429. The molecule has 166 valence electrons. The van der Waals surface area contributed by atoms with Gasteiger partial charge in [0.05, 0.1) is 13.5 Å². The summed E-state index contributed by atoms with van der Waals surface area (Å²) in [6, 6.07) is 27.5. The predicted octanol–water partition coefficient (Wildman–Crippen LogP) is 4.09. The van der Waals surface area contributed by atoms with E-state index in [9.17, 15) is 9.59 Å². The van der Waals surface area contributed by atoms with Crippen molar-refractivity contribution >= 4 is 11.9 Å². The average molecular weight is 432 g/mol. The summed E-state index contributed by atoms with van der Waals surface area (Å²) in [6.45, 7) is 1.24. The summed E-state index contributed by atoms with van der Waals surface area (Å²) < 4.78 is 10.4. The molecule has 0 saturated carbocycles. The second-order valence-electron chi connectivity index (χ2n) is 7.54. The van der Waals surface area contributed by atoms with Crippen molar-refractivity contribution in [2.75, 3.05) is 26.8 Å². The third kappa shape index (κ3) is 7.58. The first kappa shape index (κ1) is 23.1. The molecule has 3 rings (SSSR count). The van der Waals surface area contributed by atoms with Crippen LogP contribution in [0, 0.1) is 0 Å². The van der Waals surface area contributed by atoms with E-state index in [0.717, 1.165) is 18.4 Å². The van der Waals surface area contributed by atoms with E-state index in [1.807, 2.05) is 41.3 Å². The maximum Gasteiger partial charge on any atom is 0.309 e. The molecular weight excluding hydrogens is 402 g/mol. The Labute approximate surface area is 189 Å². The fraction of sp³-hybridized carbons (Fsp3) is 0.259. The minimum Gasteiger partial charge on any atom is -0.484 e. The molecule has 0 unspecified atom stereocenters. The lowest BCUT2D eigenvalue weighted by atomic mass is 10.1. The molecule has 3 aromatic rings. The number of ether oxygens (including phenoxy) is 2. The molecule has 5 nitrogen and oxygen atoms in total. The first-order valence-corrected chi connectivity index (χ1v) is 10.8. The number of esters is 1. The molecule has 0 bridgehead atoms. The number of carbonyl (C=O) groups excluding carboxylic acids is 2. The standard InChI is InChI=1S/C27H29NO4/c1-31-27(30)20-24-12-14-25(15-13-24)32-21-26(29)28(18-16-22-8-4-2-5-9-22)19-17-23-10-6-3-7-11-23/h2-15H,16-21H2,1H3. The predicted molar refractivity (Wildman–Crippen MR) is 125 cm³/mol. The van der Waals surface area contributed by atoms with E-state index in [4.69, 9.17) is 4.74 Å². The van der Waals surface area contributed by atoms with Crippen LogP contribution in [0.1, 0.15) is 16.7 Å². The first-order valence-electron chi connectivity index (χ1n) is 10.8. The number of hydrogen-bond acceptors (Lipinski definition) is 4. The van der Waals surface area contributed by atoms with Crippen molar-refractivity contribution in [3.8, 4) is 5.75 Å². The Morgan fingerprint density at radius 1 is 0.719 bits per heavy atom. The summed E-state index contributed by atoms with van der Waals surface area (Å²) in [4.78, 5) is 26.2. The van der Waals surface area contributed by atoms with E-state index < -0.39 is 0 Å². The maximum atomic E-state index is 13.0. The van der Waals surface area contributed by atoms with Crippen molar-refractivity contribution in [2.24, 2.45) is 0 Å². The van der Waals surface area contributed by atoms with Crippen molar-refractivity contribution in [3.05, 3.63) is 102 Å². The summed E-state index contributed by atoms with van der Waals surface area (Å²) in [5, 5.41) is 0. The largest absolute Gasteiger partial charge is 0.484 e. The van der Waals surface area contributed by atoms with Crippen molar-refractivity contribution < 1.29 is 19.1 Å². The topological polar surface area (TPSA) is 55.8 Å². The second-order valence-corrected chi connectivity index (χ2v) is 7.54. The number of methoxy groups -OCH3 is 1. The van der Waals surface area contributed by atoms with Gasteiger partial charge in [0, 0.05) is 13.1 Å². The molecule has 1 amide bonds. The Kier molecular flexibility index (Phi) is 8.87. The second kappa shape index (κ2) is 12.3. The Bertz CT molecular complexity index is 928. The fourth-order valence-corrected chi connectivity index (χ4v) is 3.36. The molecule has 32 heavy (non-hydrogen) atoms. The van der Waals surface area contributed by atoms with Crippen LogP contribution in [0.3, 0.4) is 0 Å². The molecule has 3 aromatic carbocycles. The molecule has 0 N–H and O–H groups in total. The van der Waals surface area contributed by atoms with Crippen LogP contribution in [-0.2, 0) is 33.6 Å². The van der Waals surface area contributed by atoms with Crippen LogP contribution in [0.2, 0.25) is 0 Å². The molecule has 0 aliphatic carbocycles. The summed E-state index contributed by atoms with van der Waals surface area (Å²) in [6.07, 6.45) is 1.80. The number of hydrogen-bond donors (Lipinski definition) is 0. The van der Waals surface area contributed by atoms with Gasteiger partial charge in [-0.2, -0.15) is 0 Å². The van der Waals surface area contributed by atoms with Gasteiger partial charge in [0.25, 0.3) is 5.91 Å². The van der Waals surface area contributed by atoms with Gasteiger partial charge < -0.3 is 14.4 Å².